The first-order valence-corrected chi connectivity index (χ1v) is 10.2. The van der Waals surface area contributed by atoms with Crippen molar-refractivity contribution in [2.75, 3.05) is 5.32 Å². The number of rotatable bonds is 5. The third-order valence-corrected chi connectivity index (χ3v) is 5.02. The van der Waals surface area contributed by atoms with E-state index < -0.39 is 0 Å². The minimum absolute atomic E-state index is 0.112. The number of aromatic nitrogens is 3. The number of ether oxygens (including phenoxy) is 1. The second kappa shape index (κ2) is 8.35. The Morgan fingerprint density at radius 2 is 1.72 bits per heavy atom. The van der Waals surface area contributed by atoms with Gasteiger partial charge in [-0.2, -0.15) is 5.10 Å². The fourth-order valence-electron chi connectivity index (χ4n) is 3.60. The third kappa shape index (κ3) is 3.94. The Bertz CT molecular complexity index is 1410. The molecule has 0 saturated carbocycles. The lowest BCUT2D eigenvalue weighted by molar-refractivity contribution is -0.114. The average molecular weight is 420 g/mol. The molecule has 0 fully saturated rings. The monoisotopic (exact) mass is 420 g/mol. The third-order valence-electron chi connectivity index (χ3n) is 5.02. The Morgan fingerprint density at radius 1 is 0.906 bits per heavy atom. The van der Waals surface area contributed by atoms with Crippen LogP contribution in [0.15, 0.2) is 91.0 Å². The molecule has 5 aromatic rings. The summed E-state index contributed by atoms with van der Waals surface area (Å²) in [4.78, 5) is 16.1. The first-order chi connectivity index (χ1) is 15.7. The van der Waals surface area contributed by atoms with Gasteiger partial charge in [0.15, 0.2) is 5.65 Å². The molecule has 1 amide bonds. The van der Waals surface area contributed by atoms with E-state index in [1.54, 1.807) is 0 Å². The summed E-state index contributed by atoms with van der Waals surface area (Å²) >= 11 is 0. The lowest BCUT2D eigenvalue weighted by atomic mass is 10.1. The van der Waals surface area contributed by atoms with E-state index in [-0.39, 0.29) is 5.91 Å². The van der Waals surface area contributed by atoms with Crippen LogP contribution in [0.1, 0.15) is 6.92 Å². The van der Waals surface area contributed by atoms with Crippen LogP contribution in [-0.4, -0.2) is 21.1 Å². The predicted molar refractivity (Wildman–Crippen MR) is 126 cm³/mol. The van der Waals surface area contributed by atoms with Crippen LogP contribution in [0.2, 0.25) is 0 Å². The Morgan fingerprint density at radius 3 is 2.56 bits per heavy atom. The van der Waals surface area contributed by atoms with Gasteiger partial charge in [0.25, 0.3) is 0 Å². The van der Waals surface area contributed by atoms with E-state index in [0.717, 1.165) is 45.1 Å². The van der Waals surface area contributed by atoms with E-state index in [0.29, 0.717) is 5.65 Å². The summed E-state index contributed by atoms with van der Waals surface area (Å²) < 4.78 is 6.12. The van der Waals surface area contributed by atoms with Gasteiger partial charge in [-0.05, 0) is 48.5 Å². The Labute approximate surface area is 184 Å². The van der Waals surface area contributed by atoms with Crippen molar-refractivity contribution in [3.05, 3.63) is 91.0 Å². The number of carbonyl (C=O) groups is 1. The standard InChI is InChI=1S/C26H20N4O2/c1-17(31)27-19-9-7-8-18(16-19)23-15-14-22-25(29-30-26(22)28-23)21-12-5-6-13-24(21)32-20-10-3-2-4-11-20/h2-16H,1H3,(H,27,31)(H,28,29,30). The highest BCUT2D eigenvalue weighted by molar-refractivity contribution is 5.94. The molecule has 32 heavy (non-hydrogen) atoms. The molecule has 5 rings (SSSR count). The highest BCUT2D eigenvalue weighted by Gasteiger charge is 2.15. The zero-order chi connectivity index (χ0) is 21.9. The number of pyridine rings is 1. The van der Waals surface area contributed by atoms with E-state index in [4.69, 9.17) is 9.72 Å². The molecule has 156 valence electrons. The smallest absolute Gasteiger partial charge is 0.221 e. The van der Waals surface area contributed by atoms with Crippen molar-refractivity contribution in [3.8, 4) is 34.0 Å². The molecular formula is C26H20N4O2. The van der Waals surface area contributed by atoms with Crippen LogP contribution in [-0.2, 0) is 4.79 Å². The molecule has 0 unspecified atom stereocenters. The van der Waals surface area contributed by atoms with E-state index >= 15 is 0 Å². The maximum Gasteiger partial charge on any atom is 0.221 e. The summed E-state index contributed by atoms with van der Waals surface area (Å²) in [6, 6.07) is 29.1. The van der Waals surface area contributed by atoms with Crippen molar-refractivity contribution in [1.82, 2.24) is 15.2 Å². The highest BCUT2D eigenvalue weighted by Crippen LogP contribution is 2.36. The number of para-hydroxylation sites is 2. The first kappa shape index (κ1) is 19.5. The minimum atomic E-state index is -0.112. The molecule has 2 heterocycles. The molecule has 0 bridgehead atoms. The topological polar surface area (TPSA) is 79.9 Å². The van der Waals surface area contributed by atoms with Crippen LogP contribution in [0.4, 0.5) is 5.69 Å². The Kier molecular flexibility index (Phi) is 5.09. The maximum absolute atomic E-state index is 11.4. The molecule has 0 atom stereocenters. The maximum atomic E-state index is 11.4. The summed E-state index contributed by atoms with van der Waals surface area (Å²) in [5.41, 5.74) is 4.76. The van der Waals surface area contributed by atoms with Gasteiger partial charge in [0.05, 0.1) is 11.4 Å². The van der Waals surface area contributed by atoms with Gasteiger partial charge in [-0.3, -0.25) is 9.89 Å². The number of nitrogens with one attached hydrogen (secondary N) is 2. The van der Waals surface area contributed by atoms with Gasteiger partial charge in [0.1, 0.15) is 11.5 Å². The van der Waals surface area contributed by atoms with Crippen molar-refractivity contribution >= 4 is 22.6 Å². The minimum Gasteiger partial charge on any atom is -0.457 e. The molecule has 2 aromatic heterocycles. The summed E-state index contributed by atoms with van der Waals surface area (Å²) in [5, 5.41) is 11.3. The molecule has 2 N–H and O–H groups in total. The van der Waals surface area contributed by atoms with Gasteiger partial charge in [-0.1, -0.05) is 42.5 Å². The van der Waals surface area contributed by atoms with Gasteiger partial charge in [0, 0.05) is 29.1 Å². The average Bonchev–Trinajstić information content (AvgIpc) is 3.23. The van der Waals surface area contributed by atoms with Crippen LogP contribution >= 0.6 is 0 Å². The number of hydrogen-bond donors (Lipinski definition) is 2. The van der Waals surface area contributed by atoms with Gasteiger partial charge in [0.2, 0.25) is 5.91 Å². The Hall–Kier alpha value is -4.45. The lowest BCUT2D eigenvalue weighted by Crippen LogP contribution is -2.05. The summed E-state index contributed by atoms with van der Waals surface area (Å²) in [6.07, 6.45) is 0. The number of benzene rings is 3. The lowest BCUT2D eigenvalue weighted by Gasteiger charge is -2.10. The number of amides is 1. The summed E-state index contributed by atoms with van der Waals surface area (Å²) in [7, 11) is 0. The molecule has 0 aliphatic rings. The normalized spacial score (nSPS) is 10.8. The van der Waals surface area contributed by atoms with Crippen LogP contribution in [0, 0.1) is 0 Å². The molecule has 6 heteroatoms. The SMILES string of the molecule is CC(=O)Nc1cccc(-c2ccc3c(-c4ccccc4Oc4ccccc4)[nH]nc3n2)c1. The number of nitrogens with zero attached hydrogens (tertiary/aromatic N) is 2. The number of fused-ring (bicyclic) bond motifs is 1. The number of carbonyl (C=O) groups excluding carboxylic acids is 1. The van der Waals surface area contributed by atoms with Crippen molar-refractivity contribution in [3.63, 3.8) is 0 Å². The molecule has 6 nitrogen and oxygen atoms in total. The van der Waals surface area contributed by atoms with E-state index in [1.165, 1.54) is 6.92 Å². The van der Waals surface area contributed by atoms with Crippen LogP contribution in [0.3, 0.4) is 0 Å². The largest absolute Gasteiger partial charge is 0.457 e. The number of anilines is 1. The number of hydrogen-bond acceptors (Lipinski definition) is 4. The van der Waals surface area contributed by atoms with E-state index in [2.05, 4.69) is 15.5 Å². The Balaban J connectivity index is 1.52. The second-order valence-corrected chi connectivity index (χ2v) is 7.34. The predicted octanol–water partition coefficient (Wildman–Crippen LogP) is 6.04. The molecule has 0 spiro atoms. The molecule has 3 aromatic carbocycles. The van der Waals surface area contributed by atoms with E-state index in [1.807, 2.05) is 91.0 Å². The summed E-state index contributed by atoms with van der Waals surface area (Å²) in [6.45, 7) is 1.49. The molecule has 0 aliphatic heterocycles. The van der Waals surface area contributed by atoms with Crippen LogP contribution < -0.4 is 10.1 Å². The van der Waals surface area contributed by atoms with Crippen molar-refractivity contribution in [1.29, 1.82) is 0 Å². The van der Waals surface area contributed by atoms with Gasteiger partial charge in [-0.25, -0.2) is 4.98 Å². The molecular weight excluding hydrogens is 400 g/mol. The van der Waals surface area contributed by atoms with Crippen molar-refractivity contribution < 1.29 is 9.53 Å². The van der Waals surface area contributed by atoms with Crippen molar-refractivity contribution in [2.24, 2.45) is 0 Å². The van der Waals surface area contributed by atoms with E-state index in [9.17, 15) is 4.79 Å². The van der Waals surface area contributed by atoms with Gasteiger partial charge >= 0.3 is 0 Å². The van der Waals surface area contributed by atoms with Crippen LogP contribution in [0.25, 0.3) is 33.5 Å². The van der Waals surface area contributed by atoms with Crippen molar-refractivity contribution in [2.45, 2.75) is 6.92 Å². The molecule has 0 saturated heterocycles. The van der Waals surface area contributed by atoms with Gasteiger partial charge in [-0.15, -0.1) is 0 Å². The zero-order valence-electron chi connectivity index (χ0n) is 17.4. The molecule has 0 radical (unpaired) electrons. The fourth-order valence-corrected chi connectivity index (χ4v) is 3.60. The molecule has 0 aliphatic carbocycles. The highest BCUT2D eigenvalue weighted by atomic mass is 16.5. The summed E-state index contributed by atoms with van der Waals surface area (Å²) in [5.74, 6) is 1.39. The number of H-pyrrole nitrogens is 1. The first-order valence-electron chi connectivity index (χ1n) is 10.2. The quantitative estimate of drug-likeness (QED) is 0.363. The zero-order valence-corrected chi connectivity index (χ0v) is 17.4. The van der Waals surface area contributed by atoms with Gasteiger partial charge < -0.3 is 10.1 Å². The van der Waals surface area contributed by atoms with Crippen LogP contribution in [0.5, 0.6) is 11.5 Å². The fraction of sp³-hybridized carbons (Fsp3) is 0.0385. The number of aromatic amines is 1. The second-order valence-electron chi connectivity index (χ2n) is 7.34.